The Hall–Kier alpha value is -0.120. The van der Waals surface area contributed by atoms with Crippen LogP contribution in [0.4, 0.5) is 0 Å². The first-order valence-electron chi connectivity index (χ1n) is 8.24. The van der Waals surface area contributed by atoms with Crippen LogP contribution in [-0.4, -0.2) is 50.3 Å². The van der Waals surface area contributed by atoms with Crippen molar-refractivity contribution in [2.75, 3.05) is 33.3 Å². The van der Waals surface area contributed by atoms with Crippen LogP contribution in [0.25, 0.3) is 0 Å². The van der Waals surface area contributed by atoms with Gasteiger partial charge in [0.1, 0.15) is 0 Å². The van der Waals surface area contributed by atoms with Gasteiger partial charge in [-0.3, -0.25) is 0 Å². The van der Waals surface area contributed by atoms with E-state index in [-0.39, 0.29) is 0 Å². The van der Waals surface area contributed by atoms with E-state index in [1.807, 2.05) is 0 Å². The smallest absolute Gasteiger partial charge is 0.0702 e. The monoisotopic (exact) mass is 268 g/mol. The second-order valence-corrected chi connectivity index (χ2v) is 6.56. The summed E-state index contributed by atoms with van der Waals surface area (Å²) in [5.41, 5.74) is 0. The van der Waals surface area contributed by atoms with Gasteiger partial charge in [-0.1, -0.05) is 13.8 Å². The van der Waals surface area contributed by atoms with Crippen molar-refractivity contribution in [2.24, 2.45) is 11.8 Å². The molecule has 2 rings (SSSR count). The van der Waals surface area contributed by atoms with Crippen molar-refractivity contribution in [3.8, 4) is 0 Å². The van der Waals surface area contributed by atoms with E-state index in [2.05, 4.69) is 31.1 Å². The van der Waals surface area contributed by atoms with Crippen LogP contribution in [0.5, 0.6) is 0 Å². The molecule has 1 aliphatic heterocycles. The average molecular weight is 268 g/mol. The standard InChI is InChI=1S/C16H32N2O/c1-4-18(12-15-6-5-9-19-15)11-14-10-13(2)7-8-16(14)17-3/h13-17H,4-12H2,1-3H3. The molecule has 0 amide bonds. The molecule has 1 N–H and O–H groups in total. The second kappa shape index (κ2) is 7.61. The average Bonchev–Trinajstić information content (AvgIpc) is 2.91. The van der Waals surface area contributed by atoms with E-state index in [4.69, 9.17) is 4.74 Å². The molecule has 112 valence electrons. The first-order valence-corrected chi connectivity index (χ1v) is 8.24. The van der Waals surface area contributed by atoms with Crippen LogP contribution < -0.4 is 5.32 Å². The SMILES string of the molecule is CCN(CC1CCCO1)CC1CC(C)CCC1NC. The third-order valence-corrected chi connectivity index (χ3v) is 5.04. The predicted molar refractivity (Wildman–Crippen MR) is 80.4 cm³/mol. The molecule has 4 atom stereocenters. The highest BCUT2D eigenvalue weighted by atomic mass is 16.5. The van der Waals surface area contributed by atoms with Gasteiger partial charge in [0, 0.05) is 25.7 Å². The molecule has 1 aliphatic carbocycles. The second-order valence-electron chi connectivity index (χ2n) is 6.56. The number of nitrogens with one attached hydrogen (secondary N) is 1. The Morgan fingerprint density at radius 3 is 2.68 bits per heavy atom. The number of ether oxygens (including phenoxy) is 1. The Morgan fingerprint density at radius 2 is 2.05 bits per heavy atom. The fourth-order valence-electron chi connectivity index (χ4n) is 3.82. The first kappa shape index (κ1) is 15.3. The topological polar surface area (TPSA) is 24.5 Å². The van der Waals surface area contributed by atoms with Gasteiger partial charge in [0.25, 0.3) is 0 Å². The highest BCUT2D eigenvalue weighted by Gasteiger charge is 2.29. The van der Waals surface area contributed by atoms with E-state index in [1.54, 1.807) is 0 Å². The molecular weight excluding hydrogens is 236 g/mol. The fraction of sp³-hybridized carbons (Fsp3) is 1.00. The molecule has 2 aliphatic rings. The maximum Gasteiger partial charge on any atom is 0.0702 e. The lowest BCUT2D eigenvalue weighted by atomic mass is 9.78. The van der Waals surface area contributed by atoms with E-state index < -0.39 is 0 Å². The van der Waals surface area contributed by atoms with Gasteiger partial charge in [-0.2, -0.15) is 0 Å². The largest absolute Gasteiger partial charge is 0.377 e. The minimum absolute atomic E-state index is 0.494. The number of hydrogen-bond donors (Lipinski definition) is 1. The third-order valence-electron chi connectivity index (χ3n) is 5.04. The summed E-state index contributed by atoms with van der Waals surface area (Å²) in [5, 5.41) is 3.54. The first-order chi connectivity index (χ1) is 9.22. The summed E-state index contributed by atoms with van der Waals surface area (Å²) in [6.07, 6.45) is 7.12. The summed E-state index contributed by atoms with van der Waals surface area (Å²) in [6, 6.07) is 0.717. The molecule has 0 aromatic rings. The molecule has 3 nitrogen and oxygen atoms in total. The van der Waals surface area contributed by atoms with Crippen molar-refractivity contribution in [3.63, 3.8) is 0 Å². The van der Waals surface area contributed by atoms with E-state index in [0.717, 1.165) is 37.6 Å². The van der Waals surface area contributed by atoms with Gasteiger partial charge in [0.2, 0.25) is 0 Å². The summed E-state index contributed by atoms with van der Waals surface area (Å²) in [5.74, 6) is 1.71. The van der Waals surface area contributed by atoms with Crippen LogP contribution in [-0.2, 0) is 4.74 Å². The van der Waals surface area contributed by atoms with Crippen molar-refractivity contribution < 1.29 is 4.74 Å². The van der Waals surface area contributed by atoms with Gasteiger partial charge in [0.05, 0.1) is 6.10 Å². The minimum atomic E-state index is 0.494. The molecule has 0 aromatic heterocycles. The lowest BCUT2D eigenvalue weighted by molar-refractivity contribution is 0.0607. The molecule has 0 aromatic carbocycles. The van der Waals surface area contributed by atoms with Crippen molar-refractivity contribution in [3.05, 3.63) is 0 Å². The zero-order valence-corrected chi connectivity index (χ0v) is 13.0. The summed E-state index contributed by atoms with van der Waals surface area (Å²) in [6.45, 7) is 9.21. The van der Waals surface area contributed by atoms with Gasteiger partial charge >= 0.3 is 0 Å². The minimum Gasteiger partial charge on any atom is -0.377 e. The molecule has 4 unspecified atom stereocenters. The number of rotatable bonds is 6. The predicted octanol–water partition coefficient (Wildman–Crippen LogP) is 2.51. The van der Waals surface area contributed by atoms with Crippen molar-refractivity contribution >= 4 is 0 Å². The summed E-state index contributed by atoms with van der Waals surface area (Å²) >= 11 is 0. The number of nitrogens with zero attached hydrogens (tertiary/aromatic N) is 1. The molecule has 3 heteroatoms. The number of hydrogen-bond acceptors (Lipinski definition) is 3. The van der Waals surface area contributed by atoms with Crippen LogP contribution in [0.3, 0.4) is 0 Å². The molecule has 0 radical (unpaired) electrons. The Labute approximate surface area is 119 Å². The maximum atomic E-state index is 5.79. The highest BCUT2D eigenvalue weighted by molar-refractivity contribution is 4.85. The Kier molecular flexibility index (Phi) is 6.11. The van der Waals surface area contributed by atoms with Gasteiger partial charge in [-0.05, 0) is 57.5 Å². The van der Waals surface area contributed by atoms with Gasteiger partial charge in [0.15, 0.2) is 0 Å². The van der Waals surface area contributed by atoms with Gasteiger partial charge in [-0.25, -0.2) is 0 Å². The molecule has 19 heavy (non-hydrogen) atoms. The van der Waals surface area contributed by atoms with Crippen LogP contribution in [0, 0.1) is 11.8 Å². The lowest BCUT2D eigenvalue weighted by Crippen LogP contribution is -2.45. The molecule has 1 heterocycles. The van der Waals surface area contributed by atoms with Crippen LogP contribution >= 0.6 is 0 Å². The maximum absolute atomic E-state index is 5.79. The zero-order valence-electron chi connectivity index (χ0n) is 13.0. The van der Waals surface area contributed by atoms with E-state index >= 15 is 0 Å². The molecule has 0 spiro atoms. The Balaban J connectivity index is 1.84. The zero-order chi connectivity index (χ0) is 13.7. The van der Waals surface area contributed by atoms with Crippen LogP contribution in [0.2, 0.25) is 0 Å². The van der Waals surface area contributed by atoms with Crippen molar-refractivity contribution in [2.45, 2.75) is 58.1 Å². The van der Waals surface area contributed by atoms with Gasteiger partial charge in [-0.15, -0.1) is 0 Å². The highest BCUT2D eigenvalue weighted by Crippen LogP contribution is 2.29. The summed E-state index contributed by atoms with van der Waals surface area (Å²) < 4.78 is 5.79. The van der Waals surface area contributed by atoms with Crippen LogP contribution in [0.15, 0.2) is 0 Å². The Bertz CT molecular complexity index is 253. The van der Waals surface area contributed by atoms with Crippen molar-refractivity contribution in [1.82, 2.24) is 10.2 Å². The molecule has 1 saturated carbocycles. The van der Waals surface area contributed by atoms with E-state index in [1.165, 1.54) is 38.6 Å². The normalized spacial score (nSPS) is 36.0. The summed E-state index contributed by atoms with van der Waals surface area (Å²) in [4.78, 5) is 2.61. The quantitative estimate of drug-likeness (QED) is 0.801. The number of likely N-dealkylation sites (N-methyl/N-ethyl adjacent to an activating group) is 1. The third kappa shape index (κ3) is 4.44. The van der Waals surface area contributed by atoms with Crippen molar-refractivity contribution in [1.29, 1.82) is 0 Å². The van der Waals surface area contributed by atoms with Gasteiger partial charge < -0.3 is 15.0 Å². The molecule has 0 bridgehead atoms. The summed E-state index contributed by atoms with van der Waals surface area (Å²) in [7, 11) is 2.13. The Morgan fingerprint density at radius 1 is 1.21 bits per heavy atom. The van der Waals surface area contributed by atoms with Crippen LogP contribution in [0.1, 0.15) is 46.0 Å². The lowest BCUT2D eigenvalue weighted by Gasteiger charge is -2.38. The molecular formula is C16H32N2O. The van der Waals surface area contributed by atoms with E-state index in [0.29, 0.717) is 6.10 Å². The van der Waals surface area contributed by atoms with E-state index in [9.17, 15) is 0 Å². The molecule has 1 saturated heterocycles. The molecule has 2 fully saturated rings. The fourth-order valence-corrected chi connectivity index (χ4v) is 3.82.